The van der Waals surface area contributed by atoms with Crippen molar-refractivity contribution in [3.8, 4) is 5.75 Å². The van der Waals surface area contributed by atoms with Gasteiger partial charge in [-0.1, -0.05) is 36.4 Å². The molecule has 29 heavy (non-hydrogen) atoms. The van der Waals surface area contributed by atoms with Crippen molar-refractivity contribution < 1.29 is 4.74 Å². The zero-order valence-corrected chi connectivity index (χ0v) is 17.1. The van der Waals surface area contributed by atoms with Gasteiger partial charge in [0.2, 0.25) is 0 Å². The van der Waals surface area contributed by atoms with Crippen LogP contribution in [0.5, 0.6) is 5.75 Å². The molecule has 0 aliphatic carbocycles. The Morgan fingerprint density at radius 2 is 1.90 bits per heavy atom. The first-order valence-electron chi connectivity index (χ1n) is 10.1. The van der Waals surface area contributed by atoms with Crippen LogP contribution in [0, 0.1) is 0 Å². The Bertz CT molecular complexity index is 905. The summed E-state index contributed by atoms with van der Waals surface area (Å²) in [5, 5.41) is 11.1. The molecule has 0 aliphatic rings. The lowest BCUT2D eigenvalue weighted by Gasteiger charge is -2.14. The van der Waals surface area contributed by atoms with E-state index in [0.29, 0.717) is 19.7 Å². The molecule has 6 nitrogen and oxygen atoms in total. The third-order valence-corrected chi connectivity index (χ3v) is 4.43. The van der Waals surface area contributed by atoms with Gasteiger partial charge < -0.3 is 15.4 Å². The van der Waals surface area contributed by atoms with Crippen LogP contribution in [-0.4, -0.2) is 28.9 Å². The Balaban J connectivity index is 1.65. The fourth-order valence-electron chi connectivity index (χ4n) is 3.04. The molecule has 2 aromatic carbocycles. The molecule has 2 N–H and O–H groups in total. The first-order chi connectivity index (χ1) is 14.3. The minimum Gasteiger partial charge on any atom is -0.494 e. The predicted molar refractivity (Wildman–Crippen MR) is 117 cm³/mol. The van der Waals surface area contributed by atoms with Crippen LogP contribution >= 0.6 is 0 Å². The van der Waals surface area contributed by atoms with Crippen LogP contribution in [0.4, 0.5) is 0 Å². The van der Waals surface area contributed by atoms with Gasteiger partial charge in [0.05, 0.1) is 19.7 Å². The van der Waals surface area contributed by atoms with E-state index in [-0.39, 0.29) is 0 Å². The van der Waals surface area contributed by atoms with Gasteiger partial charge in [0.15, 0.2) is 5.96 Å². The quantitative estimate of drug-likeness (QED) is 0.432. The summed E-state index contributed by atoms with van der Waals surface area (Å²) in [5.74, 6) is 1.67. The fourth-order valence-corrected chi connectivity index (χ4v) is 3.04. The zero-order valence-electron chi connectivity index (χ0n) is 17.1. The number of hydrogen-bond donors (Lipinski definition) is 2. The van der Waals surface area contributed by atoms with E-state index in [0.717, 1.165) is 30.4 Å². The van der Waals surface area contributed by atoms with Crippen LogP contribution in [0.15, 0.2) is 72.0 Å². The number of ether oxygens (including phenoxy) is 1. The van der Waals surface area contributed by atoms with Crippen molar-refractivity contribution in [2.75, 3.05) is 13.2 Å². The molecule has 6 heteroatoms. The standard InChI is InChI=1S/C23H29N5O/c1-3-24-23(25-16-19-9-7-12-22(15-19)29-4-2)26-17-20-10-5-6-11-21(20)18-28-14-8-13-27-28/h5-15H,3-4,16-18H2,1-2H3,(H2,24,25,26). The number of aromatic nitrogens is 2. The number of hydrogen-bond acceptors (Lipinski definition) is 3. The first kappa shape index (κ1) is 20.5. The third kappa shape index (κ3) is 6.38. The van der Waals surface area contributed by atoms with Crippen LogP contribution in [0.25, 0.3) is 0 Å². The molecule has 0 amide bonds. The highest BCUT2D eigenvalue weighted by Crippen LogP contribution is 2.14. The van der Waals surface area contributed by atoms with Gasteiger partial charge >= 0.3 is 0 Å². The number of nitrogens with zero attached hydrogens (tertiary/aromatic N) is 3. The second-order valence-electron chi connectivity index (χ2n) is 6.60. The highest BCUT2D eigenvalue weighted by Gasteiger charge is 2.05. The number of nitrogens with one attached hydrogen (secondary N) is 2. The summed E-state index contributed by atoms with van der Waals surface area (Å²) in [7, 11) is 0. The fraction of sp³-hybridized carbons (Fsp3) is 0.304. The maximum Gasteiger partial charge on any atom is 0.191 e. The van der Waals surface area contributed by atoms with Gasteiger partial charge in [-0.05, 0) is 48.7 Å². The topological polar surface area (TPSA) is 63.5 Å². The lowest BCUT2D eigenvalue weighted by Crippen LogP contribution is -2.37. The third-order valence-electron chi connectivity index (χ3n) is 4.43. The van der Waals surface area contributed by atoms with E-state index in [9.17, 15) is 0 Å². The summed E-state index contributed by atoms with van der Waals surface area (Å²) in [6.07, 6.45) is 3.78. The highest BCUT2D eigenvalue weighted by molar-refractivity contribution is 5.79. The van der Waals surface area contributed by atoms with E-state index in [1.165, 1.54) is 11.1 Å². The van der Waals surface area contributed by atoms with Crippen molar-refractivity contribution in [1.29, 1.82) is 0 Å². The van der Waals surface area contributed by atoms with E-state index < -0.39 is 0 Å². The van der Waals surface area contributed by atoms with Crippen molar-refractivity contribution in [3.05, 3.63) is 83.7 Å². The lowest BCUT2D eigenvalue weighted by atomic mass is 10.1. The minimum absolute atomic E-state index is 0.588. The van der Waals surface area contributed by atoms with Gasteiger partial charge in [0.25, 0.3) is 0 Å². The van der Waals surface area contributed by atoms with E-state index >= 15 is 0 Å². The second kappa shape index (κ2) is 10.9. The Labute approximate surface area is 172 Å². The van der Waals surface area contributed by atoms with Crippen LogP contribution in [0.1, 0.15) is 30.5 Å². The zero-order chi connectivity index (χ0) is 20.3. The normalized spacial score (nSPS) is 11.3. The molecular formula is C23H29N5O. The largest absolute Gasteiger partial charge is 0.494 e. The summed E-state index contributed by atoms with van der Waals surface area (Å²) in [4.78, 5) is 4.73. The predicted octanol–water partition coefficient (Wildman–Crippen LogP) is 3.59. The summed E-state index contributed by atoms with van der Waals surface area (Å²) in [6.45, 7) is 7.56. The van der Waals surface area contributed by atoms with Gasteiger partial charge in [-0.15, -0.1) is 0 Å². The molecule has 0 bridgehead atoms. The first-order valence-corrected chi connectivity index (χ1v) is 10.1. The van der Waals surface area contributed by atoms with Crippen LogP contribution in [-0.2, 0) is 19.6 Å². The molecule has 1 heterocycles. The van der Waals surface area contributed by atoms with Gasteiger partial charge in [0.1, 0.15) is 5.75 Å². The van der Waals surface area contributed by atoms with Crippen molar-refractivity contribution in [2.45, 2.75) is 33.5 Å². The summed E-state index contributed by atoms with van der Waals surface area (Å²) < 4.78 is 7.51. The van der Waals surface area contributed by atoms with Gasteiger partial charge in [0, 0.05) is 25.5 Å². The highest BCUT2D eigenvalue weighted by atomic mass is 16.5. The number of benzene rings is 2. The van der Waals surface area contributed by atoms with Gasteiger partial charge in [-0.3, -0.25) is 4.68 Å². The molecule has 0 fully saturated rings. The molecule has 3 rings (SSSR count). The van der Waals surface area contributed by atoms with E-state index in [4.69, 9.17) is 9.73 Å². The number of guanidine groups is 1. The van der Waals surface area contributed by atoms with E-state index in [1.54, 1.807) is 6.20 Å². The Morgan fingerprint density at radius 1 is 1.03 bits per heavy atom. The maximum absolute atomic E-state index is 5.58. The molecule has 0 saturated carbocycles. The molecule has 0 unspecified atom stereocenters. The van der Waals surface area contributed by atoms with Crippen LogP contribution in [0.2, 0.25) is 0 Å². The molecule has 0 saturated heterocycles. The molecule has 0 atom stereocenters. The maximum atomic E-state index is 5.58. The summed E-state index contributed by atoms with van der Waals surface area (Å²) >= 11 is 0. The SMILES string of the molecule is CCNC(=NCc1cccc(OCC)c1)NCc1ccccc1Cn1cccn1. The van der Waals surface area contributed by atoms with Crippen LogP contribution in [0.3, 0.4) is 0 Å². The molecular weight excluding hydrogens is 362 g/mol. The Hall–Kier alpha value is -3.28. The van der Waals surface area contributed by atoms with E-state index in [2.05, 4.69) is 53.0 Å². The van der Waals surface area contributed by atoms with Crippen molar-refractivity contribution >= 4 is 5.96 Å². The Morgan fingerprint density at radius 3 is 2.66 bits per heavy atom. The monoisotopic (exact) mass is 391 g/mol. The lowest BCUT2D eigenvalue weighted by molar-refractivity contribution is 0.340. The van der Waals surface area contributed by atoms with Gasteiger partial charge in [-0.2, -0.15) is 5.10 Å². The average molecular weight is 392 g/mol. The van der Waals surface area contributed by atoms with E-state index in [1.807, 2.05) is 42.1 Å². The molecule has 152 valence electrons. The minimum atomic E-state index is 0.588. The molecule has 3 aromatic rings. The molecule has 1 aromatic heterocycles. The second-order valence-corrected chi connectivity index (χ2v) is 6.60. The van der Waals surface area contributed by atoms with Gasteiger partial charge in [-0.25, -0.2) is 4.99 Å². The van der Waals surface area contributed by atoms with Crippen molar-refractivity contribution in [2.24, 2.45) is 4.99 Å². The molecule has 0 aliphatic heterocycles. The van der Waals surface area contributed by atoms with Crippen molar-refractivity contribution in [3.63, 3.8) is 0 Å². The summed E-state index contributed by atoms with van der Waals surface area (Å²) in [5.41, 5.74) is 3.59. The smallest absolute Gasteiger partial charge is 0.191 e. The molecule has 0 radical (unpaired) electrons. The Kier molecular flexibility index (Phi) is 7.69. The molecule has 0 spiro atoms. The number of rotatable bonds is 9. The summed E-state index contributed by atoms with van der Waals surface area (Å²) in [6, 6.07) is 18.4. The average Bonchev–Trinajstić information content (AvgIpc) is 3.25. The number of aliphatic imine (C=N–C) groups is 1. The van der Waals surface area contributed by atoms with Crippen LogP contribution < -0.4 is 15.4 Å². The van der Waals surface area contributed by atoms with Crippen molar-refractivity contribution in [1.82, 2.24) is 20.4 Å².